The zero-order valence-corrected chi connectivity index (χ0v) is 10.9. The Bertz CT molecular complexity index is 316. The lowest BCUT2D eigenvalue weighted by Crippen LogP contribution is -2.14. The van der Waals surface area contributed by atoms with Gasteiger partial charge in [-0.15, -0.1) is 0 Å². The molecule has 0 amide bonds. The maximum atomic E-state index is 5.86. The summed E-state index contributed by atoms with van der Waals surface area (Å²) in [5, 5.41) is 3.32. The summed E-state index contributed by atoms with van der Waals surface area (Å²) in [5.74, 6) is 2.69. The average molecular weight is 236 g/mol. The van der Waals surface area contributed by atoms with Gasteiger partial charge in [-0.2, -0.15) is 0 Å². The van der Waals surface area contributed by atoms with Gasteiger partial charge in [0.15, 0.2) is 5.89 Å². The zero-order chi connectivity index (χ0) is 11.9. The predicted molar refractivity (Wildman–Crippen MR) is 69.2 cm³/mol. The van der Waals surface area contributed by atoms with E-state index in [0.29, 0.717) is 5.92 Å². The van der Waals surface area contributed by atoms with Gasteiger partial charge in [0.25, 0.3) is 0 Å². The van der Waals surface area contributed by atoms with Crippen molar-refractivity contribution in [2.24, 2.45) is 0 Å². The summed E-state index contributed by atoms with van der Waals surface area (Å²) in [6.45, 7) is 4.23. The zero-order valence-electron chi connectivity index (χ0n) is 10.9. The van der Waals surface area contributed by atoms with E-state index in [1.54, 1.807) is 0 Å². The van der Waals surface area contributed by atoms with Gasteiger partial charge < -0.3 is 9.73 Å². The smallest absolute Gasteiger partial charge is 0.194 e. The molecule has 1 N–H and O–H groups in total. The highest BCUT2D eigenvalue weighted by Crippen LogP contribution is 2.32. The van der Waals surface area contributed by atoms with Gasteiger partial charge in [-0.05, 0) is 32.4 Å². The number of hydrogen-bond acceptors (Lipinski definition) is 3. The molecule has 1 heterocycles. The Morgan fingerprint density at radius 1 is 1.35 bits per heavy atom. The van der Waals surface area contributed by atoms with Gasteiger partial charge >= 0.3 is 0 Å². The molecule has 1 aliphatic rings. The lowest BCUT2D eigenvalue weighted by atomic mass is 9.88. The van der Waals surface area contributed by atoms with Crippen LogP contribution in [0.25, 0.3) is 0 Å². The highest BCUT2D eigenvalue weighted by Gasteiger charge is 2.19. The second-order valence-corrected chi connectivity index (χ2v) is 4.95. The van der Waals surface area contributed by atoms with Crippen LogP contribution in [0.5, 0.6) is 0 Å². The van der Waals surface area contributed by atoms with Gasteiger partial charge in [0.05, 0.1) is 6.20 Å². The van der Waals surface area contributed by atoms with Gasteiger partial charge in [-0.25, -0.2) is 4.98 Å². The van der Waals surface area contributed by atoms with Crippen LogP contribution < -0.4 is 5.32 Å². The fourth-order valence-corrected chi connectivity index (χ4v) is 2.56. The van der Waals surface area contributed by atoms with Crippen molar-refractivity contribution in [1.82, 2.24) is 10.3 Å². The molecular weight excluding hydrogens is 212 g/mol. The molecule has 17 heavy (non-hydrogen) atoms. The molecule has 0 atom stereocenters. The molecule has 1 aromatic heterocycles. The Balaban J connectivity index is 1.78. The van der Waals surface area contributed by atoms with Crippen molar-refractivity contribution in [2.75, 3.05) is 13.1 Å². The molecule has 1 saturated carbocycles. The molecule has 0 unspecified atom stereocenters. The second-order valence-electron chi connectivity index (χ2n) is 4.95. The van der Waals surface area contributed by atoms with Crippen molar-refractivity contribution in [1.29, 1.82) is 0 Å². The van der Waals surface area contributed by atoms with E-state index in [1.807, 2.05) is 6.20 Å². The average Bonchev–Trinajstić information content (AvgIpc) is 2.85. The van der Waals surface area contributed by atoms with Crippen LogP contribution in [0.15, 0.2) is 10.6 Å². The van der Waals surface area contributed by atoms with E-state index >= 15 is 0 Å². The summed E-state index contributed by atoms with van der Waals surface area (Å²) in [5.41, 5.74) is 0. The number of rotatable bonds is 6. The molecule has 0 bridgehead atoms. The van der Waals surface area contributed by atoms with Crippen LogP contribution in [0.2, 0.25) is 0 Å². The monoisotopic (exact) mass is 236 g/mol. The number of nitrogens with zero attached hydrogens (tertiary/aromatic N) is 1. The van der Waals surface area contributed by atoms with Crippen LogP contribution in [0, 0.1) is 0 Å². The Kier molecular flexibility index (Phi) is 5.05. The first-order valence-electron chi connectivity index (χ1n) is 7.05. The molecule has 0 spiro atoms. The molecule has 3 heteroatoms. The summed E-state index contributed by atoms with van der Waals surface area (Å²) < 4.78 is 5.86. The third kappa shape index (κ3) is 3.84. The first-order valence-corrected chi connectivity index (χ1v) is 7.05. The highest BCUT2D eigenvalue weighted by molar-refractivity contribution is 5.03. The first-order chi connectivity index (χ1) is 8.40. The van der Waals surface area contributed by atoms with E-state index in [2.05, 4.69) is 17.2 Å². The van der Waals surface area contributed by atoms with Gasteiger partial charge in [0.1, 0.15) is 5.76 Å². The SMILES string of the molecule is CCNCCCc1ncc(C2CCCCC2)o1. The van der Waals surface area contributed by atoms with Crippen molar-refractivity contribution in [3.8, 4) is 0 Å². The van der Waals surface area contributed by atoms with E-state index in [0.717, 1.165) is 37.6 Å². The normalized spacial score (nSPS) is 17.5. The summed E-state index contributed by atoms with van der Waals surface area (Å²) >= 11 is 0. The fourth-order valence-electron chi connectivity index (χ4n) is 2.56. The minimum absolute atomic E-state index is 0.638. The summed E-state index contributed by atoms with van der Waals surface area (Å²) in [6.07, 6.45) is 10.7. The van der Waals surface area contributed by atoms with Crippen LogP contribution in [0.3, 0.4) is 0 Å². The topological polar surface area (TPSA) is 38.1 Å². The van der Waals surface area contributed by atoms with Crippen molar-refractivity contribution in [3.05, 3.63) is 17.8 Å². The standard InChI is InChI=1S/C14H24N2O/c1-2-15-10-6-9-14-16-11-13(17-14)12-7-4-3-5-8-12/h11-12,15H,2-10H2,1H3. The van der Waals surface area contributed by atoms with Crippen molar-refractivity contribution >= 4 is 0 Å². The lowest BCUT2D eigenvalue weighted by molar-refractivity contribution is 0.358. The van der Waals surface area contributed by atoms with E-state index < -0.39 is 0 Å². The van der Waals surface area contributed by atoms with Crippen LogP contribution in [-0.2, 0) is 6.42 Å². The maximum absolute atomic E-state index is 5.86. The van der Waals surface area contributed by atoms with Crippen molar-refractivity contribution in [2.45, 2.75) is 57.8 Å². The van der Waals surface area contributed by atoms with E-state index in [4.69, 9.17) is 4.42 Å². The number of oxazole rings is 1. The Morgan fingerprint density at radius 2 is 2.18 bits per heavy atom. The van der Waals surface area contributed by atoms with Crippen LogP contribution in [0.4, 0.5) is 0 Å². The Labute approximate surface area is 104 Å². The molecule has 96 valence electrons. The molecule has 1 aromatic rings. The first kappa shape index (κ1) is 12.6. The van der Waals surface area contributed by atoms with Crippen LogP contribution in [-0.4, -0.2) is 18.1 Å². The van der Waals surface area contributed by atoms with Gasteiger partial charge in [0.2, 0.25) is 0 Å². The number of nitrogens with one attached hydrogen (secondary N) is 1. The Hall–Kier alpha value is -0.830. The lowest BCUT2D eigenvalue weighted by Gasteiger charge is -2.18. The minimum Gasteiger partial charge on any atom is -0.445 e. The molecule has 0 aliphatic heterocycles. The van der Waals surface area contributed by atoms with Gasteiger partial charge in [-0.3, -0.25) is 0 Å². The van der Waals surface area contributed by atoms with Crippen molar-refractivity contribution in [3.63, 3.8) is 0 Å². The van der Waals surface area contributed by atoms with Gasteiger partial charge in [-0.1, -0.05) is 26.2 Å². The minimum atomic E-state index is 0.638. The summed E-state index contributed by atoms with van der Waals surface area (Å²) in [7, 11) is 0. The molecule has 2 rings (SSSR count). The maximum Gasteiger partial charge on any atom is 0.194 e. The van der Waals surface area contributed by atoms with E-state index in [9.17, 15) is 0 Å². The molecule has 0 saturated heterocycles. The molecular formula is C14H24N2O. The predicted octanol–water partition coefficient (Wildman–Crippen LogP) is 3.26. The van der Waals surface area contributed by atoms with Gasteiger partial charge in [0, 0.05) is 12.3 Å². The number of aromatic nitrogens is 1. The summed E-state index contributed by atoms with van der Waals surface area (Å²) in [6, 6.07) is 0. The summed E-state index contributed by atoms with van der Waals surface area (Å²) in [4.78, 5) is 4.39. The quantitative estimate of drug-likeness (QED) is 0.770. The largest absolute Gasteiger partial charge is 0.445 e. The third-order valence-electron chi connectivity index (χ3n) is 3.57. The van der Waals surface area contributed by atoms with E-state index in [-0.39, 0.29) is 0 Å². The van der Waals surface area contributed by atoms with Crippen LogP contribution >= 0.6 is 0 Å². The third-order valence-corrected chi connectivity index (χ3v) is 3.57. The highest BCUT2D eigenvalue weighted by atomic mass is 16.4. The second kappa shape index (κ2) is 6.80. The van der Waals surface area contributed by atoms with Crippen LogP contribution in [0.1, 0.15) is 63.0 Å². The molecule has 3 nitrogen and oxygen atoms in total. The molecule has 1 aliphatic carbocycles. The van der Waals surface area contributed by atoms with E-state index in [1.165, 1.54) is 32.1 Å². The molecule has 0 radical (unpaired) electrons. The number of hydrogen-bond donors (Lipinski definition) is 1. The fraction of sp³-hybridized carbons (Fsp3) is 0.786. The Morgan fingerprint density at radius 3 is 2.94 bits per heavy atom. The number of aryl methyl sites for hydroxylation is 1. The van der Waals surface area contributed by atoms with Crippen molar-refractivity contribution < 1.29 is 4.42 Å². The molecule has 0 aromatic carbocycles. The molecule has 1 fully saturated rings.